The number of hydrogen-bond acceptors (Lipinski definition) is 2. The van der Waals surface area contributed by atoms with Crippen molar-refractivity contribution < 1.29 is 0 Å². The molecule has 1 heterocycles. The summed E-state index contributed by atoms with van der Waals surface area (Å²) in [7, 11) is 0. The first-order chi connectivity index (χ1) is 7.74. The number of halogens is 2. The minimum atomic E-state index is 0.652. The molecule has 1 N–H and O–H groups in total. The van der Waals surface area contributed by atoms with Gasteiger partial charge in [0.2, 0.25) is 0 Å². The summed E-state index contributed by atoms with van der Waals surface area (Å²) in [5.74, 6) is 2.54. The van der Waals surface area contributed by atoms with E-state index in [1.807, 2.05) is 23.9 Å². The summed E-state index contributed by atoms with van der Waals surface area (Å²) in [6, 6.07) is 6.36. The number of hydrogen-bond donors (Lipinski definition) is 1. The molecule has 1 aromatic carbocycles. The lowest BCUT2D eigenvalue weighted by molar-refractivity contribution is 0.482. The second kappa shape index (κ2) is 6.15. The quantitative estimate of drug-likeness (QED) is 0.896. The minimum absolute atomic E-state index is 0.652. The lowest BCUT2D eigenvalue weighted by Gasteiger charge is -2.22. The SMILES string of the molecule is Clc1cc(Cl)cc(CNC2CCSCC2)c1. The van der Waals surface area contributed by atoms with Gasteiger partial charge >= 0.3 is 0 Å². The summed E-state index contributed by atoms with van der Waals surface area (Å²) in [6.07, 6.45) is 2.53. The van der Waals surface area contributed by atoms with Crippen LogP contribution in [0, 0.1) is 0 Å². The van der Waals surface area contributed by atoms with Crippen LogP contribution >= 0.6 is 35.0 Å². The fourth-order valence-corrected chi connectivity index (χ4v) is 3.55. The van der Waals surface area contributed by atoms with Gasteiger partial charge in [-0.3, -0.25) is 0 Å². The highest BCUT2D eigenvalue weighted by Gasteiger charge is 2.12. The third-order valence-corrected chi connectivity index (χ3v) is 4.22. The molecule has 0 bridgehead atoms. The van der Waals surface area contributed by atoms with Gasteiger partial charge in [-0.25, -0.2) is 0 Å². The summed E-state index contributed by atoms with van der Waals surface area (Å²) in [4.78, 5) is 0. The minimum Gasteiger partial charge on any atom is -0.310 e. The third-order valence-electron chi connectivity index (χ3n) is 2.74. The molecule has 0 unspecified atom stereocenters. The van der Waals surface area contributed by atoms with E-state index in [-0.39, 0.29) is 0 Å². The maximum atomic E-state index is 5.96. The molecule has 1 aliphatic rings. The lowest BCUT2D eigenvalue weighted by Crippen LogP contribution is -2.32. The van der Waals surface area contributed by atoms with E-state index in [1.54, 1.807) is 6.07 Å². The Bertz CT molecular complexity index is 331. The van der Waals surface area contributed by atoms with Gasteiger partial charge in [-0.1, -0.05) is 23.2 Å². The summed E-state index contributed by atoms with van der Waals surface area (Å²) < 4.78 is 0. The van der Waals surface area contributed by atoms with Crippen molar-refractivity contribution in [3.05, 3.63) is 33.8 Å². The Morgan fingerprint density at radius 3 is 2.38 bits per heavy atom. The lowest BCUT2D eigenvalue weighted by atomic mass is 10.1. The molecule has 1 fully saturated rings. The molecule has 88 valence electrons. The van der Waals surface area contributed by atoms with Gasteiger partial charge in [0.1, 0.15) is 0 Å². The zero-order chi connectivity index (χ0) is 11.4. The van der Waals surface area contributed by atoms with E-state index in [1.165, 1.54) is 24.3 Å². The van der Waals surface area contributed by atoms with Crippen LogP contribution in [0.5, 0.6) is 0 Å². The molecule has 0 spiro atoms. The van der Waals surface area contributed by atoms with E-state index >= 15 is 0 Å². The van der Waals surface area contributed by atoms with Gasteiger partial charge in [0.15, 0.2) is 0 Å². The number of thioether (sulfide) groups is 1. The van der Waals surface area contributed by atoms with Crippen LogP contribution in [0.3, 0.4) is 0 Å². The van der Waals surface area contributed by atoms with E-state index in [9.17, 15) is 0 Å². The molecule has 1 aromatic rings. The van der Waals surface area contributed by atoms with Gasteiger partial charge in [-0.15, -0.1) is 0 Å². The van der Waals surface area contributed by atoms with Crippen molar-refractivity contribution in [2.24, 2.45) is 0 Å². The first kappa shape index (κ1) is 12.6. The average Bonchev–Trinajstić information content (AvgIpc) is 2.27. The van der Waals surface area contributed by atoms with Crippen LogP contribution in [0.1, 0.15) is 18.4 Å². The zero-order valence-electron chi connectivity index (χ0n) is 9.01. The summed E-state index contributed by atoms with van der Waals surface area (Å²) in [5.41, 5.74) is 1.16. The van der Waals surface area contributed by atoms with Crippen LogP contribution in [-0.4, -0.2) is 17.5 Å². The third kappa shape index (κ3) is 3.85. The summed E-state index contributed by atoms with van der Waals surface area (Å²) in [5, 5.41) is 4.98. The van der Waals surface area contributed by atoms with E-state index in [0.29, 0.717) is 16.1 Å². The molecule has 1 aliphatic heterocycles. The highest BCUT2D eigenvalue weighted by atomic mass is 35.5. The van der Waals surface area contributed by atoms with Gasteiger partial charge in [0.25, 0.3) is 0 Å². The highest BCUT2D eigenvalue weighted by Crippen LogP contribution is 2.20. The van der Waals surface area contributed by atoms with Crippen molar-refractivity contribution >= 4 is 35.0 Å². The van der Waals surface area contributed by atoms with Crippen LogP contribution < -0.4 is 5.32 Å². The molecule has 16 heavy (non-hydrogen) atoms. The van der Waals surface area contributed by atoms with Crippen molar-refractivity contribution in [1.82, 2.24) is 5.32 Å². The van der Waals surface area contributed by atoms with Crippen LogP contribution in [0.15, 0.2) is 18.2 Å². The van der Waals surface area contributed by atoms with Crippen molar-refractivity contribution in [3.8, 4) is 0 Å². The van der Waals surface area contributed by atoms with Crippen molar-refractivity contribution in [3.63, 3.8) is 0 Å². The van der Waals surface area contributed by atoms with E-state index < -0.39 is 0 Å². The van der Waals surface area contributed by atoms with Gasteiger partial charge in [0.05, 0.1) is 0 Å². The summed E-state index contributed by atoms with van der Waals surface area (Å²) >= 11 is 14.0. The Balaban J connectivity index is 1.88. The molecular weight excluding hydrogens is 261 g/mol. The molecular formula is C12H15Cl2NS. The van der Waals surface area contributed by atoms with Crippen LogP contribution in [0.25, 0.3) is 0 Å². The van der Waals surface area contributed by atoms with Gasteiger partial charge in [-0.2, -0.15) is 11.8 Å². The van der Waals surface area contributed by atoms with E-state index in [0.717, 1.165) is 12.1 Å². The first-order valence-corrected chi connectivity index (χ1v) is 7.41. The molecule has 0 amide bonds. The molecule has 0 aromatic heterocycles. The topological polar surface area (TPSA) is 12.0 Å². The number of rotatable bonds is 3. The summed E-state index contributed by atoms with van der Waals surface area (Å²) in [6.45, 7) is 0.857. The Hall–Kier alpha value is 0.110. The van der Waals surface area contributed by atoms with Gasteiger partial charge in [0, 0.05) is 22.6 Å². The molecule has 0 saturated carbocycles. The largest absolute Gasteiger partial charge is 0.310 e. The Labute approximate surface area is 111 Å². The smallest absolute Gasteiger partial charge is 0.0424 e. The fraction of sp³-hybridized carbons (Fsp3) is 0.500. The van der Waals surface area contributed by atoms with Crippen LogP contribution in [-0.2, 0) is 6.54 Å². The van der Waals surface area contributed by atoms with Crippen molar-refractivity contribution in [2.45, 2.75) is 25.4 Å². The molecule has 0 aliphatic carbocycles. The molecule has 0 atom stereocenters. The maximum Gasteiger partial charge on any atom is 0.0424 e. The van der Waals surface area contributed by atoms with Crippen LogP contribution in [0.2, 0.25) is 10.0 Å². The van der Waals surface area contributed by atoms with E-state index in [4.69, 9.17) is 23.2 Å². The maximum absolute atomic E-state index is 5.96. The Morgan fingerprint density at radius 2 is 1.75 bits per heavy atom. The second-order valence-corrected chi connectivity index (χ2v) is 6.14. The molecule has 1 nitrogen and oxygen atoms in total. The number of nitrogens with one attached hydrogen (secondary N) is 1. The Morgan fingerprint density at radius 1 is 1.12 bits per heavy atom. The number of benzene rings is 1. The molecule has 0 radical (unpaired) electrons. The standard InChI is InChI=1S/C12H15Cl2NS/c13-10-5-9(6-11(14)7-10)8-15-12-1-3-16-4-2-12/h5-7,12,15H,1-4,8H2. The monoisotopic (exact) mass is 275 g/mol. The molecule has 4 heteroatoms. The van der Waals surface area contributed by atoms with Crippen LogP contribution in [0.4, 0.5) is 0 Å². The first-order valence-electron chi connectivity index (χ1n) is 5.50. The normalized spacial score (nSPS) is 17.6. The Kier molecular flexibility index (Phi) is 4.83. The van der Waals surface area contributed by atoms with Gasteiger partial charge < -0.3 is 5.32 Å². The predicted octanol–water partition coefficient (Wildman–Crippen LogP) is 3.98. The van der Waals surface area contributed by atoms with Gasteiger partial charge in [-0.05, 0) is 48.1 Å². The molecule has 1 saturated heterocycles. The predicted molar refractivity (Wildman–Crippen MR) is 73.6 cm³/mol. The fourth-order valence-electron chi connectivity index (χ4n) is 1.88. The second-order valence-electron chi connectivity index (χ2n) is 4.05. The van der Waals surface area contributed by atoms with E-state index in [2.05, 4.69) is 5.32 Å². The van der Waals surface area contributed by atoms with Crippen molar-refractivity contribution in [1.29, 1.82) is 0 Å². The van der Waals surface area contributed by atoms with Crippen molar-refractivity contribution in [2.75, 3.05) is 11.5 Å². The highest BCUT2D eigenvalue weighted by molar-refractivity contribution is 7.99. The zero-order valence-corrected chi connectivity index (χ0v) is 11.3. The average molecular weight is 276 g/mol. The molecule has 2 rings (SSSR count).